The van der Waals surface area contributed by atoms with Crippen LogP contribution in [0.15, 0.2) is 47.9 Å². The summed E-state index contributed by atoms with van der Waals surface area (Å²) in [6, 6.07) is 9.17. The third-order valence-corrected chi connectivity index (χ3v) is 7.36. The van der Waals surface area contributed by atoms with Gasteiger partial charge in [-0.15, -0.1) is 0 Å². The highest BCUT2D eigenvalue weighted by atomic mass is 32.2. The predicted octanol–water partition coefficient (Wildman–Crippen LogP) is 1.67. The van der Waals surface area contributed by atoms with E-state index in [1.165, 1.54) is 16.1 Å². The molecule has 3 rings (SSSR count). The average Bonchev–Trinajstić information content (AvgIpc) is 3.14. The molecule has 146 valence electrons. The number of aromatic nitrogens is 2. The highest BCUT2D eigenvalue weighted by Gasteiger charge is 2.29. The molecule has 0 atom stereocenters. The van der Waals surface area contributed by atoms with Gasteiger partial charge in [-0.2, -0.15) is 4.31 Å². The molecule has 0 bridgehead atoms. The molecule has 2 aromatic rings. The molecule has 27 heavy (non-hydrogen) atoms. The first kappa shape index (κ1) is 19.9. The van der Waals surface area contributed by atoms with Crippen molar-refractivity contribution < 1.29 is 13.2 Å². The van der Waals surface area contributed by atoms with Crippen LogP contribution in [0.3, 0.4) is 0 Å². The number of hydrogen-bond acceptors (Lipinski definition) is 5. The topological polar surface area (TPSA) is 75.5 Å². The second-order valence-electron chi connectivity index (χ2n) is 6.31. The first-order valence-electron chi connectivity index (χ1n) is 8.93. The number of aryl methyl sites for hydroxylation is 1. The molecule has 0 spiro atoms. The monoisotopic (exact) mass is 408 g/mol. The molecule has 1 amide bonds. The number of piperazine rings is 1. The Morgan fingerprint density at radius 2 is 1.85 bits per heavy atom. The van der Waals surface area contributed by atoms with Gasteiger partial charge in [-0.05, 0) is 12.5 Å². The van der Waals surface area contributed by atoms with E-state index in [1.54, 1.807) is 11.1 Å². The minimum Gasteiger partial charge on any atom is -0.339 e. The number of carbonyl (C=O) groups excluding carboxylic acids is 1. The zero-order valence-electron chi connectivity index (χ0n) is 15.3. The number of amides is 1. The van der Waals surface area contributed by atoms with Gasteiger partial charge in [-0.1, -0.05) is 42.1 Å². The fourth-order valence-corrected chi connectivity index (χ4v) is 5.43. The standard InChI is InChI=1S/C18H24N4O3S2/c1-2-20-9-8-19-18(20)26-14-17(23)21-10-12-22(13-11-21)27(24,25)15-16-6-4-3-5-7-16/h3-9H,2,10-15H2,1H3. The number of thioether (sulfide) groups is 1. The Kier molecular flexibility index (Phi) is 6.56. The predicted molar refractivity (Wildman–Crippen MR) is 106 cm³/mol. The largest absolute Gasteiger partial charge is 0.339 e. The van der Waals surface area contributed by atoms with E-state index >= 15 is 0 Å². The summed E-state index contributed by atoms with van der Waals surface area (Å²) in [6.45, 7) is 4.38. The molecule has 0 unspecified atom stereocenters. The first-order chi connectivity index (χ1) is 13.0. The van der Waals surface area contributed by atoms with Gasteiger partial charge >= 0.3 is 0 Å². The van der Waals surface area contributed by atoms with Crippen molar-refractivity contribution in [3.8, 4) is 0 Å². The van der Waals surface area contributed by atoms with Crippen molar-refractivity contribution in [2.45, 2.75) is 24.4 Å². The zero-order valence-corrected chi connectivity index (χ0v) is 17.0. The summed E-state index contributed by atoms with van der Waals surface area (Å²) >= 11 is 1.42. The van der Waals surface area contributed by atoms with Gasteiger partial charge in [-0.3, -0.25) is 4.79 Å². The third-order valence-electron chi connectivity index (χ3n) is 4.52. The number of rotatable bonds is 7. The maximum Gasteiger partial charge on any atom is 0.233 e. The number of hydrogen-bond donors (Lipinski definition) is 0. The number of carbonyl (C=O) groups is 1. The Bertz CT molecular complexity index is 860. The van der Waals surface area contributed by atoms with E-state index in [0.29, 0.717) is 31.9 Å². The quantitative estimate of drug-likeness (QED) is 0.652. The fraction of sp³-hybridized carbons (Fsp3) is 0.444. The van der Waals surface area contributed by atoms with E-state index < -0.39 is 10.0 Å². The lowest BCUT2D eigenvalue weighted by Crippen LogP contribution is -2.51. The maximum absolute atomic E-state index is 12.6. The van der Waals surface area contributed by atoms with Crippen molar-refractivity contribution in [1.82, 2.24) is 18.8 Å². The van der Waals surface area contributed by atoms with Crippen LogP contribution in [0, 0.1) is 0 Å². The Balaban J connectivity index is 1.50. The number of imidazole rings is 1. The summed E-state index contributed by atoms with van der Waals surface area (Å²) in [4.78, 5) is 18.4. The van der Waals surface area contributed by atoms with Crippen molar-refractivity contribution in [2.24, 2.45) is 0 Å². The zero-order chi connectivity index (χ0) is 19.3. The van der Waals surface area contributed by atoms with E-state index in [4.69, 9.17) is 0 Å². The molecule has 0 radical (unpaired) electrons. The minimum atomic E-state index is -3.37. The lowest BCUT2D eigenvalue weighted by Gasteiger charge is -2.34. The molecule has 1 aromatic heterocycles. The van der Waals surface area contributed by atoms with Gasteiger partial charge in [0.25, 0.3) is 0 Å². The van der Waals surface area contributed by atoms with Gasteiger partial charge < -0.3 is 9.47 Å². The van der Waals surface area contributed by atoms with Crippen LogP contribution in [0.5, 0.6) is 0 Å². The molecule has 7 nitrogen and oxygen atoms in total. The number of benzene rings is 1. The summed E-state index contributed by atoms with van der Waals surface area (Å²) in [7, 11) is -3.37. The van der Waals surface area contributed by atoms with E-state index in [1.807, 2.05) is 48.0 Å². The molecule has 1 saturated heterocycles. The second kappa shape index (κ2) is 8.90. The number of sulfonamides is 1. The molecular weight excluding hydrogens is 384 g/mol. The SMILES string of the molecule is CCn1ccnc1SCC(=O)N1CCN(S(=O)(=O)Cc2ccccc2)CC1. The summed E-state index contributed by atoms with van der Waals surface area (Å²) in [6.07, 6.45) is 3.62. The fourth-order valence-electron chi connectivity index (χ4n) is 2.99. The van der Waals surface area contributed by atoms with Crippen LogP contribution in [0.4, 0.5) is 0 Å². The van der Waals surface area contributed by atoms with Crippen LogP contribution in [-0.2, 0) is 27.1 Å². The van der Waals surface area contributed by atoms with Crippen molar-refractivity contribution in [2.75, 3.05) is 31.9 Å². The average molecular weight is 409 g/mol. The van der Waals surface area contributed by atoms with Gasteiger partial charge in [0.15, 0.2) is 5.16 Å². The van der Waals surface area contributed by atoms with Crippen LogP contribution in [0.25, 0.3) is 0 Å². The van der Waals surface area contributed by atoms with Crippen LogP contribution in [-0.4, -0.2) is 65.0 Å². The molecule has 1 aromatic carbocycles. The van der Waals surface area contributed by atoms with Crippen molar-refractivity contribution in [3.05, 3.63) is 48.3 Å². The van der Waals surface area contributed by atoms with Crippen molar-refractivity contribution in [1.29, 1.82) is 0 Å². The Morgan fingerprint density at radius 1 is 1.15 bits per heavy atom. The molecule has 1 aliphatic rings. The first-order valence-corrected chi connectivity index (χ1v) is 11.5. The summed E-state index contributed by atoms with van der Waals surface area (Å²) in [5, 5.41) is 0.829. The summed E-state index contributed by atoms with van der Waals surface area (Å²) in [5.74, 6) is 0.330. The van der Waals surface area contributed by atoms with Crippen LogP contribution >= 0.6 is 11.8 Å². The van der Waals surface area contributed by atoms with Crippen LogP contribution in [0.1, 0.15) is 12.5 Å². The van der Waals surface area contributed by atoms with Gasteiger partial charge in [0, 0.05) is 45.1 Å². The van der Waals surface area contributed by atoms with E-state index in [-0.39, 0.29) is 11.7 Å². The molecule has 1 aliphatic heterocycles. The van der Waals surface area contributed by atoms with Gasteiger partial charge in [0.05, 0.1) is 11.5 Å². The molecule has 0 N–H and O–H groups in total. The molecule has 9 heteroatoms. The van der Waals surface area contributed by atoms with E-state index in [0.717, 1.165) is 17.3 Å². The Morgan fingerprint density at radius 3 is 2.52 bits per heavy atom. The lowest BCUT2D eigenvalue weighted by atomic mass is 10.2. The maximum atomic E-state index is 12.6. The van der Waals surface area contributed by atoms with E-state index in [9.17, 15) is 13.2 Å². The highest BCUT2D eigenvalue weighted by molar-refractivity contribution is 7.99. The van der Waals surface area contributed by atoms with Crippen molar-refractivity contribution in [3.63, 3.8) is 0 Å². The Labute approximate surface area is 164 Å². The third kappa shape index (κ3) is 5.12. The minimum absolute atomic E-state index is 0.00266. The lowest BCUT2D eigenvalue weighted by molar-refractivity contribution is -0.129. The summed E-state index contributed by atoms with van der Waals surface area (Å²) < 4.78 is 28.7. The smallest absolute Gasteiger partial charge is 0.233 e. The Hall–Kier alpha value is -1.84. The van der Waals surface area contributed by atoms with E-state index in [2.05, 4.69) is 4.98 Å². The van der Waals surface area contributed by atoms with Gasteiger partial charge in [-0.25, -0.2) is 13.4 Å². The molecule has 0 aliphatic carbocycles. The molecular formula is C18H24N4O3S2. The molecule has 2 heterocycles. The van der Waals surface area contributed by atoms with Gasteiger partial charge in [0.1, 0.15) is 0 Å². The molecule has 0 saturated carbocycles. The highest BCUT2D eigenvalue weighted by Crippen LogP contribution is 2.18. The summed E-state index contributed by atoms with van der Waals surface area (Å²) in [5.41, 5.74) is 0.777. The van der Waals surface area contributed by atoms with Crippen LogP contribution in [0.2, 0.25) is 0 Å². The molecule has 1 fully saturated rings. The van der Waals surface area contributed by atoms with Crippen LogP contribution < -0.4 is 0 Å². The number of nitrogens with zero attached hydrogens (tertiary/aromatic N) is 4. The van der Waals surface area contributed by atoms with Crippen molar-refractivity contribution >= 4 is 27.7 Å². The normalized spacial score (nSPS) is 15.8. The second-order valence-corrected chi connectivity index (χ2v) is 9.22. The van der Waals surface area contributed by atoms with Gasteiger partial charge in [0.2, 0.25) is 15.9 Å².